The van der Waals surface area contributed by atoms with Crippen LogP contribution in [0.15, 0.2) is 27.1 Å². The molecule has 3 rings (SSSR count). The van der Waals surface area contributed by atoms with Crippen LogP contribution in [0.25, 0.3) is 5.82 Å². The molecule has 0 N–H and O–H groups in total. The normalized spacial score (nSPS) is 11.5. The third kappa shape index (κ3) is 2.12. The van der Waals surface area contributed by atoms with Gasteiger partial charge in [-0.1, -0.05) is 16.5 Å². The number of rotatable bonds is 4. The number of ether oxygens (including phenoxy) is 1. The summed E-state index contributed by atoms with van der Waals surface area (Å²) in [5.41, 5.74) is 0.0807. The zero-order valence-electron chi connectivity index (χ0n) is 10.7. The summed E-state index contributed by atoms with van der Waals surface area (Å²) in [5, 5.41) is 12.9. The molecule has 98 valence electrons. The van der Waals surface area contributed by atoms with Crippen molar-refractivity contribution in [3.8, 4) is 11.0 Å². The molecule has 0 amide bonds. The van der Waals surface area contributed by atoms with E-state index in [2.05, 4.69) is 20.6 Å². The van der Waals surface area contributed by atoms with Crippen molar-refractivity contribution in [2.24, 2.45) is 7.05 Å². The van der Waals surface area contributed by atoms with Gasteiger partial charge in [0.15, 0.2) is 0 Å². The first kappa shape index (κ1) is 10.4. The largest absolute Gasteiger partial charge is 0.465 e. The second kappa shape index (κ2) is 4.65. The summed E-state index contributed by atoms with van der Waals surface area (Å²) in [6.07, 6.45) is 1.49. The van der Waals surface area contributed by atoms with Gasteiger partial charge in [0.1, 0.15) is 12.9 Å². The first-order valence-electron chi connectivity index (χ1n) is 5.62. The van der Waals surface area contributed by atoms with E-state index < -0.39 is 5.69 Å². The molecule has 0 radical (unpaired) electrons. The monoisotopic (exact) mass is 282 g/mol. The highest BCUT2D eigenvalue weighted by atomic mass is 32.1. The lowest BCUT2D eigenvalue weighted by atomic mass is 10.3. The van der Waals surface area contributed by atoms with Crippen LogP contribution in [0.2, 0.25) is 0 Å². The van der Waals surface area contributed by atoms with Gasteiger partial charge in [0.25, 0.3) is 5.19 Å². The lowest BCUT2D eigenvalue weighted by molar-refractivity contribution is 0.302. The minimum Gasteiger partial charge on any atom is -0.465 e. The quantitative estimate of drug-likeness (QED) is 0.663. The summed E-state index contributed by atoms with van der Waals surface area (Å²) < 4.78 is 19.6. The van der Waals surface area contributed by atoms with Gasteiger partial charge in [0, 0.05) is 18.6 Å². The van der Waals surface area contributed by atoms with E-state index in [1.807, 2.05) is 0 Å². The smallest absolute Gasteiger partial charge is 0.369 e. The minimum absolute atomic E-state index is 0.0921. The van der Waals surface area contributed by atoms with E-state index in [1.165, 1.54) is 24.6 Å². The van der Waals surface area contributed by atoms with Crippen LogP contribution in [0, 0.1) is 0 Å². The molecule has 3 heterocycles. The van der Waals surface area contributed by atoms with Crippen molar-refractivity contribution in [3.05, 3.63) is 33.9 Å². The van der Waals surface area contributed by atoms with Crippen LogP contribution in [0.1, 0.15) is 6.93 Å². The summed E-state index contributed by atoms with van der Waals surface area (Å²) >= 11 is 1.21. The van der Waals surface area contributed by atoms with E-state index >= 15 is 0 Å². The van der Waals surface area contributed by atoms with E-state index in [0.29, 0.717) is 10.8 Å². The molecular weight excluding hydrogens is 272 g/mol. The van der Waals surface area contributed by atoms with Crippen LogP contribution >= 0.6 is 11.3 Å². The standard InChI is InChI=1S/C9H8N6O3S/c1-14-9(16)15(13-12-14)7-6(5-18-11-7)4-17-8-10-2-3-19-8/h2-3,5H,4H2,1H3/i2T. The number of aryl methyl sites for hydroxylation is 1. The zero-order valence-corrected chi connectivity index (χ0v) is 10.5. The molecule has 0 aliphatic heterocycles. The molecule has 0 bridgehead atoms. The molecule has 0 atom stereocenters. The van der Waals surface area contributed by atoms with Gasteiger partial charge in [0.05, 0.1) is 6.93 Å². The summed E-state index contributed by atoms with van der Waals surface area (Å²) in [5.74, 6) is 0.214. The van der Waals surface area contributed by atoms with Gasteiger partial charge in [0.2, 0.25) is 5.82 Å². The van der Waals surface area contributed by atoms with Crippen LogP contribution in [-0.2, 0) is 13.7 Å². The van der Waals surface area contributed by atoms with Crippen LogP contribution < -0.4 is 10.4 Å². The van der Waals surface area contributed by atoms with Gasteiger partial charge >= 0.3 is 5.69 Å². The van der Waals surface area contributed by atoms with E-state index in [-0.39, 0.29) is 18.6 Å². The van der Waals surface area contributed by atoms with E-state index in [9.17, 15) is 4.79 Å². The van der Waals surface area contributed by atoms with Gasteiger partial charge in [-0.2, -0.15) is 4.68 Å². The first-order chi connectivity index (χ1) is 9.65. The van der Waals surface area contributed by atoms with Crippen LogP contribution in [0.3, 0.4) is 0 Å². The maximum absolute atomic E-state index is 11.7. The highest BCUT2D eigenvalue weighted by molar-refractivity contribution is 7.11. The molecule has 10 heteroatoms. The Morgan fingerprint density at radius 3 is 3.16 bits per heavy atom. The molecule has 0 unspecified atom stereocenters. The third-order valence-electron chi connectivity index (χ3n) is 2.26. The molecule has 0 saturated carbocycles. The molecule has 0 spiro atoms. The number of aromatic nitrogens is 6. The van der Waals surface area contributed by atoms with Crippen molar-refractivity contribution in [2.75, 3.05) is 0 Å². The van der Waals surface area contributed by atoms with Gasteiger partial charge in [-0.3, -0.25) is 0 Å². The Hall–Kier alpha value is -2.49. The predicted molar refractivity (Wildman–Crippen MR) is 63.1 cm³/mol. The Bertz CT molecular complexity index is 790. The van der Waals surface area contributed by atoms with Gasteiger partial charge in [-0.25, -0.2) is 9.78 Å². The Labute approximate surface area is 111 Å². The third-order valence-corrected chi connectivity index (χ3v) is 2.90. The Morgan fingerprint density at radius 1 is 1.58 bits per heavy atom. The van der Waals surface area contributed by atoms with Gasteiger partial charge < -0.3 is 9.26 Å². The Kier molecular flexibility index (Phi) is 2.55. The SMILES string of the molecule is [3H]c1csc(OCc2conc2-n2nnn(C)c2=O)n1. The molecule has 0 fully saturated rings. The van der Waals surface area contributed by atoms with Crippen molar-refractivity contribution in [1.82, 2.24) is 29.9 Å². The summed E-state index contributed by atoms with van der Waals surface area (Å²) in [7, 11) is 1.48. The first-order valence-corrected chi connectivity index (χ1v) is 6.00. The fourth-order valence-electron chi connectivity index (χ4n) is 1.36. The van der Waals surface area contributed by atoms with Crippen molar-refractivity contribution in [3.63, 3.8) is 0 Å². The van der Waals surface area contributed by atoms with Crippen molar-refractivity contribution < 1.29 is 10.6 Å². The number of tetrazole rings is 1. The molecule has 3 aromatic heterocycles. The van der Waals surface area contributed by atoms with E-state index in [4.69, 9.17) is 10.6 Å². The van der Waals surface area contributed by atoms with Crippen molar-refractivity contribution in [1.29, 1.82) is 0 Å². The Balaban J connectivity index is 1.83. The highest BCUT2D eigenvalue weighted by Gasteiger charge is 2.16. The summed E-state index contributed by atoms with van der Waals surface area (Å²) in [6.45, 7) is 0.0921. The van der Waals surface area contributed by atoms with Crippen molar-refractivity contribution in [2.45, 2.75) is 6.61 Å². The highest BCUT2D eigenvalue weighted by Crippen LogP contribution is 2.17. The second-order valence-corrected chi connectivity index (χ2v) is 4.31. The van der Waals surface area contributed by atoms with E-state index in [0.717, 1.165) is 9.36 Å². The zero-order chi connectivity index (χ0) is 14.1. The Morgan fingerprint density at radius 2 is 2.47 bits per heavy atom. The summed E-state index contributed by atoms with van der Waals surface area (Å²) in [4.78, 5) is 15.6. The fraction of sp³-hybridized carbons (Fsp3) is 0.222. The molecule has 0 aliphatic rings. The number of hydrogen-bond acceptors (Lipinski definition) is 8. The minimum atomic E-state index is -0.442. The van der Waals surface area contributed by atoms with E-state index in [1.54, 1.807) is 5.38 Å². The molecule has 0 saturated heterocycles. The lowest BCUT2D eigenvalue weighted by Crippen LogP contribution is -2.23. The molecule has 19 heavy (non-hydrogen) atoms. The summed E-state index contributed by atoms with van der Waals surface area (Å²) in [6, 6.07) is 0. The lowest BCUT2D eigenvalue weighted by Gasteiger charge is -2.00. The second-order valence-electron chi connectivity index (χ2n) is 3.49. The number of hydrogen-bond donors (Lipinski definition) is 0. The average Bonchev–Trinajstić information content (AvgIpc) is 3.11. The van der Waals surface area contributed by atoms with Crippen LogP contribution in [0.4, 0.5) is 0 Å². The molecule has 0 aromatic carbocycles. The van der Waals surface area contributed by atoms with Gasteiger partial charge in [-0.05, 0) is 10.4 Å². The van der Waals surface area contributed by atoms with Gasteiger partial charge in [-0.15, -0.1) is 4.68 Å². The molecule has 0 aliphatic carbocycles. The number of thiazole rings is 1. The molecular formula is C9H8N6O3S. The molecule has 9 nitrogen and oxygen atoms in total. The molecule has 3 aromatic rings. The fourth-order valence-corrected chi connectivity index (χ4v) is 1.80. The maximum Gasteiger partial charge on any atom is 0.369 e. The van der Waals surface area contributed by atoms with Crippen LogP contribution in [-0.4, -0.2) is 29.9 Å². The number of nitrogens with zero attached hydrogens (tertiary/aromatic N) is 6. The average molecular weight is 282 g/mol. The van der Waals surface area contributed by atoms with Crippen molar-refractivity contribution >= 4 is 11.3 Å². The topological polar surface area (TPSA) is 101 Å². The predicted octanol–water partition coefficient (Wildman–Crippen LogP) is -0.0105. The maximum atomic E-state index is 11.7. The van der Waals surface area contributed by atoms with Crippen LogP contribution in [0.5, 0.6) is 5.19 Å².